The van der Waals surface area contributed by atoms with Crippen LogP contribution in [0.25, 0.3) is 11.0 Å². The van der Waals surface area contributed by atoms with E-state index in [1.165, 1.54) is 0 Å². The molecule has 17 heavy (non-hydrogen) atoms. The number of aromatic amines is 1. The number of nitrogens with one attached hydrogen (secondary N) is 1. The van der Waals surface area contributed by atoms with E-state index in [-0.39, 0.29) is 0 Å². The van der Waals surface area contributed by atoms with Crippen LogP contribution in [0, 0.1) is 0 Å². The number of para-hydroxylation sites is 2. The van der Waals surface area contributed by atoms with Crippen LogP contribution in [0.4, 0.5) is 5.95 Å². The largest absolute Gasteiger partial charge is 0.383 e. The van der Waals surface area contributed by atoms with E-state index in [4.69, 9.17) is 4.74 Å². The second-order valence-corrected chi connectivity index (χ2v) is 5.31. The molecule has 1 aromatic heterocycles. The molecule has 1 aromatic carbocycles. The minimum Gasteiger partial charge on any atom is -0.383 e. The average Bonchev–Trinajstić information content (AvgIpc) is 2.72. The van der Waals surface area contributed by atoms with Gasteiger partial charge in [0.05, 0.1) is 22.5 Å². The van der Waals surface area contributed by atoms with Crippen molar-refractivity contribution in [1.82, 2.24) is 9.97 Å². The fourth-order valence-electron chi connectivity index (χ4n) is 1.74. The first-order valence-electron chi connectivity index (χ1n) is 5.49. The number of halogens is 1. The maximum absolute atomic E-state index is 5.10. The third-order valence-corrected chi connectivity index (χ3v) is 3.11. The second kappa shape index (κ2) is 5.51. The summed E-state index contributed by atoms with van der Waals surface area (Å²) < 4.78 is 5.10. The Labute approximate surface area is 109 Å². The molecule has 0 saturated carbocycles. The van der Waals surface area contributed by atoms with Crippen LogP contribution in [0.1, 0.15) is 0 Å². The van der Waals surface area contributed by atoms with E-state index < -0.39 is 0 Å². The van der Waals surface area contributed by atoms with Crippen molar-refractivity contribution in [2.24, 2.45) is 0 Å². The molecule has 1 unspecified atom stereocenters. The molecule has 0 aliphatic carbocycles. The van der Waals surface area contributed by atoms with Gasteiger partial charge >= 0.3 is 0 Å². The minimum atomic E-state index is 0.297. The van der Waals surface area contributed by atoms with Gasteiger partial charge in [0.2, 0.25) is 5.95 Å². The number of H-pyrrole nitrogens is 1. The Hall–Kier alpha value is -1.07. The number of anilines is 1. The lowest BCUT2D eigenvalue weighted by molar-refractivity contribution is 0.201. The molecule has 0 aliphatic heterocycles. The van der Waals surface area contributed by atoms with Crippen molar-refractivity contribution in [2.75, 3.05) is 32.2 Å². The van der Waals surface area contributed by atoms with E-state index in [2.05, 4.69) is 30.8 Å². The topological polar surface area (TPSA) is 41.1 Å². The van der Waals surface area contributed by atoms with E-state index in [1.807, 2.05) is 31.3 Å². The molecule has 0 aliphatic rings. The summed E-state index contributed by atoms with van der Waals surface area (Å²) in [6.45, 7) is 1.53. The number of hydrogen-bond acceptors (Lipinski definition) is 3. The number of nitrogens with zero attached hydrogens (tertiary/aromatic N) is 2. The highest BCUT2D eigenvalue weighted by atomic mass is 79.9. The highest BCUT2D eigenvalue weighted by Gasteiger charge is 2.11. The zero-order valence-electron chi connectivity index (χ0n) is 9.98. The SMILES string of the molecule is COCC(Br)CN(C)c1nc2ccccc2[nH]1. The number of alkyl halides is 1. The standard InChI is InChI=1S/C12H16BrN3O/c1-16(7-9(13)8-17-2)12-14-10-5-3-4-6-11(10)15-12/h3-6,9H,7-8H2,1-2H3,(H,14,15). The summed E-state index contributed by atoms with van der Waals surface area (Å²) in [5.41, 5.74) is 2.06. The quantitative estimate of drug-likeness (QED) is 0.862. The lowest BCUT2D eigenvalue weighted by atomic mass is 10.3. The Bertz CT molecular complexity index is 452. The summed E-state index contributed by atoms with van der Waals surface area (Å²) in [6, 6.07) is 8.03. The van der Waals surface area contributed by atoms with Gasteiger partial charge in [0, 0.05) is 20.7 Å². The molecule has 2 aromatic rings. The van der Waals surface area contributed by atoms with Gasteiger partial charge in [0.15, 0.2) is 0 Å². The molecule has 0 radical (unpaired) electrons. The van der Waals surface area contributed by atoms with Gasteiger partial charge in [0.25, 0.3) is 0 Å². The summed E-state index contributed by atoms with van der Waals surface area (Å²) in [5.74, 6) is 0.881. The van der Waals surface area contributed by atoms with Crippen molar-refractivity contribution in [1.29, 1.82) is 0 Å². The predicted octanol–water partition coefficient (Wildman–Crippen LogP) is 2.41. The van der Waals surface area contributed by atoms with Gasteiger partial charge in [-0.1, -0.05) is 28.1 Å². The van der Waals surface area contributed by atoms with Crippen molar-refractivity contribution >= 4 is 32.9 Å². The first kappa shape index (κ1) is 12.4. The van der Waals surface area contributed by atoms with Gasteiger partial charge in [-0.25, -0.2) is 4.98 Å². The normalized spacial score (nSPS) is 12.9. The highest BCUT2D eigenvalue weighted by molar-refractivity contribution is 9.09. The predicted molar refractivity (Wildman–Crippen MR) is 74.0 cm³/mol. The number of benzene rings is 1. The molecule has 1 N–H and O–H groups in total. The van der Waals surface area contributed by atoms with Crippen LogP contribution in [0.2, 0.25) is 0 Å². The number of ether oxygens (including phenoxy) is 1. The third kappa shape index (κ3) is 2.98. The van der Waals surface area contributed by atoms with Gasteiger partial charge in [-0.2, -0.15) is 0 Å². The van der Waals surface area contributed by atoms with Gasteiger partial charge < -0.3 is 14.6 Å². The van der Waals surface area contributed by atoms with Crippen LogP contribution in [-0.4, -0.2) is 42.1 Å². The van der Waals surface area contributed by atoms with Crippen LogP contribution in [-0.2, 0) is 4.74 Å². The van der Waals surface area contributed by atoms with E-state index in [9.17, 15) is 0 Å². The smallest absolute Gasteiger partial charge is 0.203 e. The molecule has 0 amide bonds. The van der Waals surface area contributed by atoms with Gasteiger partial charge in [-0.3, -0.25) is 0 Å². The number of aromatic nitrogens is 2. The summed E-state index contributed by atoms with van der Waals surface area (Å²) in [4.78, 5) is 10.2. The average molecular weight is 298 g/mol. The number of rotatable bonds is 5. The molecule has 5 heteroatoms. The number of hydrogen-bond donors (Lipinski definition) is 1. The molecule has 92 valence electrons. The van der Waals surface area contributed by atoms with Gasteiger partial charge in [0.1, 0.15) is 0 Å². The van der Waals surface area contributed by atoms with Crippen molar-refractivity contribution < 1.29 is 4.74 Å². The van der Waals surface area contributed by atoms with Crippen molar-refractivity contribution in [3.8, 4) is 0 Å². The summed E-state index contributed by atoms with van der Waals surface area (Å²) in [7, 11) is 3.72. The Kier molecular flexibility index (Phi) is 4.02. The first-order valence-corrected chi connectivity index (χ1v) is 6.41. The maximum atomic E-state index is 5.10. The molecule has 0 bridgehead atoms. The van der Waals surface area contributed by atoms with E-state index in [0.717, 1.165) is 23.5 Å². The fraction of sp³-hybridized carbons (Fsp3) is 0.417. The molecule has 1 heterocycles. The molecule has 0 saturated heterocycles. The first-order chi connectivity index (χ1) is 8.20. The van der Waals surface area contributed by atoms with Crippen molar-refractivity contribution in [2.45, 2.75) is 4.83 Å². The van der Waals surface area contributed by atoms with Crippen LogP contribution < -0.4 is 4.90 Å². The van der Waals surface area contributed by atoms with E-state index >= 15 is 0 Å². The zero-order chi connectivity index (χ0) is 12.3. The maximum Gasteiger partial charge on any atom is 0.203 e. The van der Waals surface area contributed by atoms with Gasteiger partial charge in [-0.05, 0) is 12.1 Å². The van der Waals surface area contributed by atoms with Gasteiger partial charge in [-0.15, -0.1) is 0 Å². The van der Waals surface area contributed by atoms with Crippen molar-refractivity contribution in [3.63, 3.8) is 0 Å². The van der Waals surface area contributed by atoms with E-state index in [1.54, 1.807) is 7.11 Å². The summed E-state index contributed by atoms with van der Waals surface area (Å²) >= 11 is 3.57. The van der Waals surface area contributed by atoms with Crippen molar-refractivity contribution in [3.05, 3.63) is 24.3 Å². The van der Waals surface area contributed by atoms with Crippen LogP contribution in [0.5, 0.6) is 0 Å². The second-order valence-electron chi connectivity index (χ2n) is 4.01. The summed E-state index contributed by atoms with van der Waals surface area (Å²) in [6.07, 6.45) is 0. The molecule has 4 nitrogen and oxygen atoms in total. The lowest BCUT2D eigenvalue weighted by Gasteiger charge is -2.19. The lowest BCUT2D eigenvalue weighted by Crippen LogP contribution is -2.28. The Morgan fingerprint density at radius 3 is 2.94 bits per heavy atom. The van der Waals surface area contributed by atoms with Crippen LogP contribution in [0.3, 0.4) is 0 Å². The number of imidazole rings is 1. The Morgan fingerprint density at radius 1 is 1.47 bits per heavy atom. The zero-order valence-corrected chi connectivity index (χ0v) is 11.6. The van der Waals surface area contributed by atoms with Crippen LogP contribution >= 0.6 is 15.9 Å². The monoisotopic (exact) mass is 297 g/mol. The van der Waals surface area contributed by atoms with E-state index in [0.29, 0.717) is 11.4 Å². The Balaban J connectivity index is 2.10. The molecule has 1 atom stereocenters. The fourth-order valence-corrected chi connectivity index (χ4v) is 2.44. The number of fused-ring (bicyclic) bond motifs is 1. The van der Waals surface area contributed by atoms with Crippen LogP contribution in [0.15, 0.2) is 24.3 Å². The molecule has 0 fully saturated rings. The number of methoxy groups -OCH3 is 1. The molecular weight excluding hydrogens is 282 g/mol. The molecule has 0 spiro atoms. The Morgan fingerprint density at radius 2 is 2.24 bits per heavy atom. The minimum absolute atomic E-state index is 0.297. The third-order valence-electron chi connectivity index (χ3n) is 2.56. The highest BCUT2D eigenvalue weighted by Crippen LogP contribution is 2.16. The summed E-state index contributed by atoms with van der Waals surface area (Å²) in [5, 5.41) is 0. The molecular formula is C12H16BrN3O. The molecule has 2 rings (SSSR count).